The molecule has 1 heterocycles. The monoisotopic (exact) mass is 317 g/mol. The molecule has 0 bridgehead atoms. The largest absolute Gasteiger partial charge is 0.333 e. The van der Waals surface area contributed by atoms with E-state index < -0.39 is 15.2 Å². The van der Waals surface area contributed by atoms with Crippen molar-refractivity contribution in [2.75, 3.05) is 0 Å². The van der Waals surface area contributed by atoms with Crippen LogP contribution in [0, 0.1) is 0 Å². The van der Waals surface area contributed by atoms with Crippen molar-refractivity contribution >= 4 is 69.7 Å². The Balaban J connectivity index is 2.48. The molecule has 0 saturated carbocycles. The Hall–Kier alpha value is 0.0700. The number of carbonyl (C=O) groups excluding carboxylic acids is 1. The molecule has 0 saturated heterocycles. The number of halogens is 4. The van der Waals surface area contributed by atoms with Gasteiger partial charge in [0.1, 0.15) is 0 Å². The van der Waals surface area contributed by atoms with Crippen molar-refractivity contribution in [2.24, 2.45) is 0 Å². The molecule has 1 unspecified atom stereocenters. The molecule has 1 aromatic rings. The van der Waals surface area contributed by atoms with Gasteiger partial charge in [0.15, 0.2) is 5.50 Å². The highest BCUT2D eigenvalue weighted by Gasteiger charge is 2.31. The van der Waals surface area contributed by atoms with Crippen molar-refractivity contribution in [1.29, 1.82) is 0 Å². The third kappa shape index (κ3) is 4.93. The Labute approximate surface area is 117 Å². The van der Waals surface area contributed by atoms with Gasteiger partial charge < -0.3 is 5.32 Å². The second kappa shape index (κ2) is 6.12. The van der Waals surface area contributed by atoms with E-state index in [2.05, 4.69) is 5.32 Å². The van der Waals surface area contributed by atoms with Crippen LogP contribution in [0.2, 0.25) is 0 Å². The molecule has 0 fully saturated rings. The van der Waals surface area contributed by atoms with Gasteiger partial charge in [-0.2, -0.15) is 0 Å². The molecule has 1 atom stereocenters. The van der Waals surface area contributed by atoms with Crippen LogP contribution in [0.1, 0.15) is 4.88 Å². The van der Waals surface area contributed by atoms with E-state index in [1.165, 1.54) is 17.4 Å². The Morgan fingerprint density at radius 3 is 2.69 bits per heavy atom. The van der Waals surface area contributed by atoms with E-state index >= 15 is 0 Å². The highest BCUT2D eigenvalue weighted by molar-refractivity contribution is 7.10. The minimum absolute atomic E-state index is 0.417. The van der Waals surface area contributed by atoms with E-state index in [9.17, 15) is 4.79 Å². The molecular weight excluding hydrogens is 312 g/mol. The lowest BCUT2D eigenvalue weighted by molar-refractivity contribution is -0.116. The number of rotatable bonds is 3. The Bertz CT molecular complexity index is 371. The maximum absolute atomic E-state index is 11.3. The summed E-state index contributed by atoms with van der Waals surface area (Å²) in [5.74, 6) is -0.417. The van der Waals surface area contributed by atoms with Crippen molar-refractivity contribution in [2.45, 2.75) is 9.29 Å². The van der Waals surface area contributed by atoms with Crippen LogP contribution >= 0.6 is 57.7 Å². The summed E-state index contributed by atoms with van der Waals surface area (Å²) in [4.78, 5) is 12.3. The first kappa shape index (κ1) is 14.1. The van der Waals surface area contributed by atoms with Gasteiger partial charge in [-0.3, -0.25) is 4.79 Å². The van der Waals surface area contributed by atoms with Gasteiger partial charge in [-0.05, 0) is 17.5 Å². The Morgan fingerprint density at radius 1 is 1.50 bits per heavy atom. The van der Waals surface area contributed by atoms with E-state index in [1.54, 1.807) is 6.08 Å². The second-order valence-corrected chi connectivity index (χ2v) is 6.55. The Kier molecular flexibility index (Phi) is 5.41. The molecule has 1 N–H and O–H groups in total. The van der Waals surface area contributed by atoms with Crippen LogP contribution in [0.25, 0.3) is 6.08 Å². The first-order chi connectivity index (χ1) is 7.39. The van der Waals surface area contributed by atoms with Crippen molar-refractivity contribution in [1.82, 2.24) is 5.32 Å². The first-order valence-corrected chi connectivity index (χ1v) is 6.57. The number of amides is 1. The molecule has 2 nitrogen and oxygen atoms in total. The molecule has 7 heteroatoms. The quantitative estimate of drug-likeness (QED) is 0.512. The lowest BCUT2D eigenvalue weighted by atomic mass is 10.4. The highest BCUT2D eigenvalue weighted by Crippen LogP contribution is 2.32. The number of alkyl halides is 4. The molecule has 16 heavy (non-hydrogen) atoms. The molecular formula is C9H7Cl4NOS. The molecule has 1 amide bonds. The van der Waals surface area contributed by atoms with Crippen LogP contribution in [0.4, 0.5) is 0 Å². The molecule has 0 radical (unpaired) electrons. The summed E-state index contributed by atoms with van der Waals surface area (Å²) < 4.78 is -1.73. The number of thiophene rings is 1. The summed E-state index contributed by atoms with van der Waals surface area (Å²) in [6.07, 6.45) is 2.99. The zero-order valence-electron chi connectivity index (χ0n) is 7.79. The Morgan fingerprint density at radius 2 is 2.19 bits per heavy atom. The zero-order chi connectivity index (χ0) is 12.2. The fraction of sp³-hybridized carbons (Fsp3) is 0.222. The van der Waals surface area contributed by atoms with Crippen LogP contribution in [0.3, 0.4) is 0 Å². The van der Waals surface area contributed by atoms with E-state index in [1.807, 2.05) is 17.5 Å². The van der Waals surface area contributed by atoms with E-state index in [-0.39, 0.29) is 0 Å². The van der Waals surface area contributed by atoms with E-state index in [4.69, 9.17) is 46.4 Å². The fourth-order valence-corrected chi connectivity index (χ4v) is 1.69. The number of hydrogen-bond donors (Lipinski definition) is 1. The van der Waals surface area contributed by atoms with Crippen molar-refractivity contribution < 1.29 is 4.79 Å². The minimum Gasteiger partial charge on any atom is -0.333 e. The molecule has 0 spiro atoms. The smallest absolute Gasteiger partial charge is 0.245 e. The van der Waals surface area contributed by atoms with Gasteiger partial charge in [-0.15, -0.1) is 11.3 Å². The molecule has 0 aliphatic heterocycles. The molecule has 0 aliphatic rings. The topological polar surface area (TPSA) is 29.1 Å². The summed E-state index contributed by atoms with van der Waals surface area (Å²) in [5.41, 5.74) is -1.07. The van der Waals surface area contributed by atoms with Crippen molar-refractivity contribution in [3.63, 3.8) is 0 Å². The average Bonchev–Trinajstić information content (AvgIpc) is 2.65. The third-order valence-corrected chi connectivity index (χ3v) is 3.76. The van der Waals surface area contributed by atoms with Crippen LogP contribution in [0.5, 0.6) is 0 Å². The van der Waals surface area contributed by atoms with Gasteiger partial charge in [0.2, 0.25) is 9.70 Å². The van der Waals surface area contributed by atoms with E-state index in [0.29, 0.717) is 0 Å². The predicted molar refractivity (Wildman–Crippen MR) is 71.4 cm³/mol. The standard InChI is InChI=1S/C9H7Cl4NOS/c10-8(9(11,12)13)14-7(15)4-3-6-2-1-5-16-6/h1-5,8H,(H,14,15). The lowest BCUT2D eigenvalue weighted by Crippen LogP contribution is -2.38. The zero-order valence-corrected chi connectivity index (χ0v) is 11.6. The normalized spacial score (nSPS) is 14.0. The predicted octanol–water partition coefficient (Wildman–Crippen LogP) is 3.81. The van der Waals surface area contributed by atoms with Gasteiger partial charge in [0.05, 0.1) is 0 Å². The third-order valence-electron chi connectivity index (χ3n) is 1.50. The maximum atomic E-state index is 11.3. The molecule has 1 aromatic heterocycles. The number of carbonyl (C=O) groups is 1. The molecule has 1 rings (SSSR count). The lowest BCUT2D eigenvalue weighted by Gasteiger charge is -2.18. The minimum atomic E-state index is -1.73. The summed E-state index contributed by atoms with van der Waals surface area (Å²) >= 11 is 23.6. The second-order valence-electron chi connectivity index (χ2n) is 2.76. The fourth-order valence-electron chi connectivity index (χ4n) is 0.799. The molecule has 0 aromatic carbocycles. The summed E-state index contributed by atoms with van der Waals surface area (Å²) in [5, 5.41) is 4.24. The van der Waals surface area contributed by atoms with Gasteiger partial charge in [0.25, 0.3) is 0 Å². The molecule has 88 valence electrons. The van der Waals surface area contributed by atoms with Gasteiger partial charge in [0, 0.05) is 11.0 Å². The van der Waals surface area contributed by atoms with E-state index in [0.717, 1.165) is 4.88 Å². The molecule has 0 aliphatic carbocycles. The van der Waals surface area contributed by atoms with Crippen LogP contribution in [0.15, 0.2) is 23.6 Å². The SMILES string of the molecule is O=C(C=Cc1cccs1)NC(Cl)C(Cl)(Cl)Cl. The highest BCUT2D eigenvalue weighted by atomic mass is 35.6. The van der Waals surface area contributed by atoms with Crippen LogP contribution in [-0.4, -0.2) is 15.2 Å². The van der Waals surface area contributed by atoms with Crippen LogP contribution < -0.4 is 5.32 Å². The average molecular weight is 319 g/mol. The maximum Gasteiger partial charge on any atom is 0.245 e. The number of nitrogens with one attached hydrogen (secondary N) is 1. The van der Waals surface area contributed by atoms with Gasteiger partial charge >= 0.3 is 0 Å². The summed E-state index contributed by atoms with van der Waals surface area (Å²) in [6, 6.07) is 3.76. The summed E-state index contributed by atoms with van der Waals surface area (Å²) in [6.45, 7) is 0. The first-order valence-electron chi connectivity index (χ1n) is 4.12. The van der Waals surface area contributed by atoms with Crippen LogP contribution in [-0.2, 0) is 4.79 Å². The van der Waals surface area contributed by atoms with Gasteiger partial charge in [-0.25, -0.2) is 0 Å². The van der Waals surface area contributed by atoms with Crippen molar-refractivity contribution in [3.05, 3.63) is 28.5 Å². The number of hydrogen-bond acceptors (Lipinski definition) is 2. The van der Waals surface area contributed by atoms with Crippen molar-refractivity contribution in [3.8, 4) is 0 Å². The van der Waals surface area contributed by atoms with Gasteiger partial charge in [-0.1, -0.05) is 52.5 Å². The summed E-state index contributed by atoms with van der Waals surface area (Å²) in [7, 11) is 0.